The van der Waals surface area contributed by atoms with Crippen molar-refractivity contribution in [3.63, 3.8) is 0 Å². The lowest BCUT2D eigenvalue weighted by molar-refractivity contribution is -0.264. The minimum Gasteiger partial charge on any atom is -0.492 e. The van der Waals surface area contributed by atoms with Crippen LogP contribution in [0.15, 0.2) is 42.7 Å². The zero-order valence-electron chi connectivity index (χ0n) is 21.6. The van der Waals surface area contributed by atoms with E-state index in [0.29, 0.717) is 76.2 Å². The normalized spacial score (nSPS) is 15.7. The summed E-state index contributed by atoms with van der Waals surface area (Å²) in [7, 11) is 3.69. The molecule has 1 aliphatic heterocycles. The number of nitrogens with zero attached hydrogens (tertiary/aromatic N) is 4. The second-order valence-corrected chi connectivity index (χ2v) is 10.2. The van der Waals surface area contributed by atoms with E-state index in [9.17, 15) is 4.79 Å². The van der Waals surface area contributed by atoms with Gasteiger partial charge in [-0.2, -0.15) is 4.98 Å². The van der Waals surface area contributed by atoms with Crippen LogP contribution in [0.3, 0.4) is 0 Å². The molecule has 1 N–H and O–H groups in total. The zero-order chi connectivity index (χ0) is 27.3. The van der Waals surface area contributed by atoms with Crippen molar-refractivity contribution in [2.24, 2.45) is 5.92 Å². The van der Waals surface area contributed by atoms with Crippen molar-refractivity contribution in [1.82, 2.24) is 15.0 Å². The molecule has 1 aliphatic rings. The van der Waals surface area contributed by atoms with E-state index in [1.165, 1.54) is 0 Å². The third-order valence-electron chi connectivity index (χ3n) is 5.70. The molecule has 4 rings (SSSR count). The summed E-state index contributed by atoms with van der Waals surface area (Å²) in [4.78, 5) is 27.1. The molecule has 1 aromatic carbocycles. The number of allylic oxidation sites excluding steroid dienone is 1. The number of aromatic nitrogens is 3. The molecule has 38 heavy (non-hydrogen) atoms. The monoisotopic (exact) mass is 557 g/mol. The summed E-state index contributed by atoms with van der Waals surface area (Å²) < 4.78 is 17.2. The minimum absolute atomic E-state index is 0.153. The first-order chi connectivity index (χ1) is 18.1. The summed E-state index contributed by atoms with van der Waals surface area (Å²) in [5.74, 6) is 1.72. The van der Waals surface area contributed by atoms with Crippen LogP contribution in [0.2, 0.25) is 10.0 Å². The predicted octanol–water partition coefficient (Wildman–Crippen LogP) is 5.51. The van der Waals surface area contributed by atoms with Gasteiger partial charge in [-0.3, -0.25) is 4.79 Å². The highest BCUT2D eigenvalue weighted by molar-refractivity contribution is 6.40. The van der Waals surface area contributed by atoms with Crippen LogP contribution in [0.4, 0.5) is 17.6 Å². The smallest absolute Gasteiger partial charge is 0.230 e. The van der Waals surface area contributed by atoms with Gasteiger partial charge in [-0.05, 0) is 44.2 Å². The van der Waals surface area contributed by atoms with E-state index >= 15 is 0 Å². The molecular formula is C27H29Cl2N5O4. The maximum absolute atomic E-state index is 11.9. The van der Waals surface area contributed by atoms with E-state index in [0.717, 1.165) is 0 Å². The fraction of sp³-hybridized carbons (Fsp3) is 0.333. The molecule has 0 radical (unpaired) electrons. The number of ether oxygens (including phenoxy) is 3. The Kier molecular flexibility index (Phi) is 8.83. The number of nitrogens with one attached hydrogen (secondary N) is 1. The highest BCUT2D eigenvalue weighted by atomic mass is 35.5. The summed E-state index contributed by atoms with van der Waals surface area (Å²) in [6.45, 7) is 5.42. The van der Waals surface area contributed by atoms with Crippen molar-refractivity contribution in [3.05, 3.63) is 63.9 Å². The lowest BCUT2D eigenvalue weighted by atomic mass is 10.0. The topological polar surface area (TPSA) is 98.7 Å². The fourth-order valence-electron chi connectivity index (χ4n) is 3.70. The summed E-state index contributed by atoms with van der Waals surface area (Å²) in [6, 6.07) is 8.68. The van der Waals surface area contributed by atoms with Crippen LogP contribution in [-0.4, -0.2) is 60.9 Å². The van der Waals surface area contributed by atoms with Crippen molar-refractivity contribution < 1.29 is 19.0 Å². The van der Waals surface area contributed by atoms with Gasteiger partial charge in [0.05, 0.1) is 36.1 Å². The molecule has 0 spiro atoms. The molecule has 3 aromatic rings. The first-order valence-electron chi connectivity index (χ1n) is 11.9. The van der Waals surface area contributed by atoms with Gasteiger partial charge in [0.25, 0.3) is 0 Å². The SMILES string of the molecule is CN(C)c1nc(Nc2ccc(OCC3COC(C)(C)OC3)cn2)ncc1/C=C(\C=O)c1c(Cl)cccc1Cl. The molecule has 1 saturated heterocycles. The number of carbonyl (C=O) groups excluding carboxylic acids is 1. The van der Waals surface area contributed by atoms with Gasteiger partial charge < -0.3 is 24.4 Å². The van der Waals surface area contributed by atoms with Gasteiger partial charge in [-0.15, -0.1) is 0 Å². The molecule has 200 valence electrons. The van der Waals surface area contributed by atoms with Crippen LogP contribution in [0.5, 0.6) is 5.75 Å². The number of aldehydes is 1. The Morgan fingerprint density at radius 2 is 1.84 bits per heavy atom. The van der Waals surface area contributed by atoms with E-state index in [1.54, 1.807) is 42.7 Å². The molecule has 0 aliphatic carbocycles. The van der Waals surface area contributed by atoms with Gasteiger partial charge in [0.15, 0.2) is 12.1 Å². The highest BCUT2D eigenvalue weighted by Gasteiger charge is 2.28. The number of pyridine rings is 1. The molecular weight excluding hydrogens is 529 g/mol. The molecule has 3 heterocycles. The maximum Gasteiger partial charge on any atom is 0.230 e. The predicted molar refractivity (Wildman–Crippen MR) is 149 cm³/mol. The average Bonchev–Trinajstić information content (AvgIpc) is 2.88. The van der Waals surface area contributed by atoms with E-state index in [4.69, 9.17) is 37.4 Å². The van der Waals surface area contributed by atoms with Gasteiger partial charge in [-0.1, -0.05) is 29.3 Å². The Hall–Kier alpha value is -3.24. The van der Waals surface area contributed by atoms with E-state index < -0.39 is 5.79 Å². The minimum atomic E-state index is -0.547. The van der Waals surface area contributed by atoms with Crippen LogP contribution in [0.25, 0.3) is 11.6 Å². The molecule has 9 nitrogen and oxygen atoms in total. The highest BCUT2D eigenvalue weighted by Crippen LogP contribution is 2.32. The maximum atomic E-state index is 11.9. The molecule has 0 atom stereocenters. The Labute approximate surface area is 231 Å². The molecule has 0 bridgehead atoms. The lowest BCUT2D eigenvalue weighted by Crippen LogP contribution is -2.41. The Balaban J connectivity index is 1.46. The summed E-state index contributed by atoms with van der Waals surface area (Å²) >= 11 is 12.6. The molecule has 0 amide bonds. The van der Waals surface area contributed by atoms with Gasteiger partial charge in [0.1, 0.15) is 17.4 Å². The Morgan fingerprint density at radius 1 is 1.13 bits per heavy atom. The van der Waals surface area contributed by atoms with Crippen molar-refractivity contribution >= 4 is 58.7 Å². The molecule has 11 heteroatoms. The van der Waals surface area contributed by atoms with Crippen LogP contribution in [-0.2, 0) is 14.3 Å². The third kappa shape index (κ3) is 6.99. The van der Waals surface area contributed by atoms with Crippen LogP contribution in [0, 0.1) is 5.92 Å². The number of hydrogen-bond donors (Lipinski definition) is 1. The third-order valence-corrected chi connectivity index (χ3v) is 6.33. The average molecular weight is 558 g/mol. The first kappa shape index (κ1) is 27.8. The molecule has 2 aromatic heterocycles. The fourth-order valence-corrected chi connectivity index (χ4v) is 4.32. The Bertz CT molecular complexity index is 1290. The van der Waals surface area contributed by atoms with E-state index in [2.05, 4.69) is 20.3 Å². The lowest BCUT2D eigenvalue weighted by Gasteiger charge is -2.34. The van der Waals surface area contributed by atoms with Crippen LogP contribution < -0.4 is 15.0 Å². The standard InChI is InChI=1S/C27H29Cl2N5O4/c1-27(2)37-15-17(16-38-27)14-36-20-8-9-23(30-12-20)32-26-31-11-18(25(33-26)34(3)4)10-19(13-35)24-21(28)6-5-7-22(24)29/h5-13,17H,14-16H2,1-4H3,(H,30,31,32,33)/b19-10+. The van der Waals surface area contributed by atoms with Crippen molar-refractivity contribution in [2.45, 2.75) is 19.6 Å². The second kappa shape index (κ2) is 12.1. The van der Waals surface area contributed by atoms with E-state index in [-0.39, 0.29) is 5.92 Å². The molecule has 0 unspecified atom stereocenters. The number of halogens is 2. The largest absolute Gasteiger partial charge is 0.492 e. The number of carbonyl (C=O) groups is 1. The zero-order valence-corrected chi connectivity index (χ0v) is 23.1. The van der Waals surface area contributed by atoms with Gasteiger partial charge >= 0.3 is 0 Å². The molecule has 0 saturated carbocycles. The van der Waals surface area contributed by atoms with Crippen LogP contribution in [0.1, 0.15) is 25.0 Å². The number of rotatable bonds is 9. The number of anilines is 3. The summed E-state index contributed by atoms with van der Waals surface area (Å²) in [5, 5.41) is 3.86. The first-order valence-corrected chi connectivity index (χ1v) is 12.7. The van der Waals surface area contributed by atoms with Gasteiger partial charge in [-0.25, -0.2) is 9.97 Å². The van der Waals surface area contributed by atoms with Crippen molar-refractivity contribution in [2.75, 3.05) is 44.1 Å². The quantitative estimate of drug-likeness (QED) is 0.269. The van der Waals surface area contributed by atoms with Gasteiger partial charge in [0.2, 0.25) is 5.95 Å². The molecule has 1 fully saturated rings. The second-order valence-electron chi connectivity index (χ2n) is 9.38. The summed E-state index contributed by atoms with van der Waals surface area (Å²) in [6.07, 6.45) is 5.62. The number of hydrogen-bond acceptors (Lipinski definition) is 9. The van der Waals surface area contributed by atoms with Gasteiger partial charge in [0, 0.05) is 42.9 Å². The van der Waals surface area contributed by atoms with Crippen molar-refractivity contribution in [1.29, 1.82) is 0 Å². The van der Waals surface area contributed by atoms with Crippen molar-refractivity contribution in [3.8, 4) is 5.75 Å². The van der Waals surface area contributed by atoms with Crippen LogP contribution >= 0.6 is 23.2 Å². The summed E-state index contributed by atoms with van der Waals surface area (Å²) in [5.41, 5.74) is 1.39. The van der Waals surface area contributed by atoms with E-state index in [1.807, 2.05) is 38.9 Å². The Morgan fingerprint density at radius 3 is 2.45 bits per heavy atom. The number of benzene rings is 1.